The Balaban J connectivity index is 1.70. The van der Waals surface area contributed by atoms with Gasteiger partial charge in [-0.3, -0.25) is 4.79 Å². The van der Waals surface area contributed by atoms with Gasteiger partial charge in [-0.2, -0.15) is 0 Å². The lowest BCUT2D eigenvalue weighted by atomic mass is 10.1. The van der Waals surface area contributed by atoms with E-state index in [2.05, 4.69) is 28.2 Å². The second-order valence-corrected chi connectivity index (χ2v) is 7.36. The molecule has 1 aliphatic heterocycles. The van der Waals surface area contributed by atoms with E-state index in [0.29, 0.717) is 35.4 Å². The second-order valence-electron chi connectivity index (χ2n) is 6.95. The van der Waals surface area contributed by atoms with E-state index in [0.717, 1.165) is 35.2 Å². The largest absolute Gasteiger partial charge is 0.495 e. The Hall–Kier alpha value is -2.83. The maximum absolute atomic E-state index is 12.9. The molecule has 1 amide bonds. The van der Waals surface area contributed by atoms with E-state index in [1.165, 1.54) is 0 Å². The number of halogens is 1. The van der Waals surface area contributed by atoms with Crippen LogP contribution in [0.2, 0.25) is 5.02 Å². The fourth-order valence-corrected chi connectivity index (χ4v) is 3.70. The highest BCUT2D eigenvalue weighted by Crippen LogP contribution is 2.30. The Morgan fingerprint density at radius 2 is 1.97 bits per heavy atom. The second kappa shape index (κ2) is 8.27. The standard InChI is InChI=1S/C22H22ClN3O3/c1-14-3-5-18-16(11-14)20(26-7-9-29-10-8-26)13-19(25-18)22(27)24-15-4-6-21(28-2)17(23)12-15/h3-6,11-13H,7-10H2,1-2H3,(H,24,27). The van der Waals surface area contributed by atoms with E-state index in [1.807, 2.05) is 18.2 Å². The normalized spacial score (nSPS) is 14.1. The van der Waals surface area contributed by atoms with E-state index < -0.39 is 0 Å². The quantitative estimate of drug-likeness (QED) is 0.693. The highest BCUT2D eigenvalue weighted by atomic mass is 35.5. The van der Waals surface area contributed by atoms with Crippen molar-refractivity contribution in [1.29, 1.82) is 0 Å². The molecule has 6 nitrogen and oxygen atoms in total. The number of carbonyl (C=O) groups is 1. The third kappa shape index (κ3) is 4.13. The highest BCUT2D eigenvalue weighted by Gasteiger charge is 2.19. The number of hydrogen-bond acceptors (Lipinski definition) is 5. The van der Waals surface area contributed by atoms with Crippen molar-refractivity contribution in [3.8, 4) is 5.75 Å². The monoisotopic (exact) mass is 411 g/mol. The molecule has 2 aromatic carbocycles. The first-order valence-electron chi connectivity index (χ1n) is 9.44. The predicted octanol–water partition coefficient (Wildman–Crippen LogP) is 4.29. The Morgan fingerprint density at radius 1 is 1.17 bits per heavy atom. The topological polar surface area (TPSA) is 63.7 Å². The SMILES string of the molecule is COc1ccc(NC(=O)c2cc(N3CCOCC3)c3cc(C)ccc3n2)cc1Cl. The molecule has 7 heteroatoms. The van der Waals surface area contributed by atoms with Crippen molar-refractivity contribution in [2.45, 2.75) is 6.92 Å². The summed E-state index contributed by atoms with van der Waals surface area (Å²) in [6, 6.07) is 13.0. The summed E-state index contributed by atoms with van der Waals surface area (Å²) in [6.45, 7) is 4.95. The van der Waals surface area contributed by atoms with Gasteiger partial charge in [0.25, 0.3) is 5.91 Å². The summed E-state index contributed by atoms with van der Waals surface area (Å²) in [5, 5.41) is 4.34. The zero-order valence-corrected chi connectivity index (χ0v) is 17.1. The zero-order chi connectivity index (χ0) is 20.4. The number of anilines is 2. The average molecular weight is 412 g/mol. The van der Waals surface area contributed by atoms with Crippen LogP contribution in [0.25, 0.3) is 10.9 Å². The van der Waals surface area contributed by atoms with E-state index in [9.17, 15) is 4.79 Å². The Kier molecular flexibility index (Phi) is 5.56. The van der Waals surface area contributed by atoms with Gasteiger partial charge in [0.05, 0.1) is 30.9 Å². The van der Waals surface area contributed by atoms with Gasteiger partial charge in [0.15, 0.2) is 0 Å². The van der Waals surface area contributed by atoms with Crippen molar-refractivity contribution < 1.29 is 14.3 Å². The fourth-order valence-electron chi connectivity index (χ4n) is 3.44. The number of amides is 1. The first kappa shape index (κ1) is 19.5. The molecule has 0 spiro atoms. The van der Waals surface area contributed by atoms with E-state index >= 15 is 0 Å². The molecule has 1 fully saturated rings. The summed E-state index contributed by atoms with van der Waals surface area (Å²) >= 11 is 6.17. The van der Waals surface area contributed by atoms with Crippen molar-refractivity contribution in [3.05, 3.63) is 58.7 Å². The molecular weight excluding hydrogens is 390 g/mol. The summed E-state index contributed by atoms with van der Waals surface area (Å²) in [7, 11) is 1.55. The number of rotatable bonds is 4. The average Bonchev–Trinajstić information content (AvgIpc) is 2.73. The minimum atomic E-state index is -0.289. The summed E-state index contributed by atoms with van der Waals surface area (Å²) in [5.41, 5.74) is 3.88. The molecule has 0 saturated carbocycles. The minimum Gasteiger partial charge on any atom is -0.495 e. The number of benzene rings is 2. The highest BCUT2D eigenvalue weighted by molar-refractivity contribution is 6.32. The number of carbonyl (C=O) groups excluding carboxylic acids is 1. The fraction of sp³-hybridized carbons (Fsp3) is 0.273. The van der Waals surface area contributed by atoms with Crippen LogP contribution in [0.3, 0.4) is 0 Å². The summed E-state index contributed by atoms with van der Waals surface area (Å²) in [6.07, 6.45) is 0. The Morgan fingerprint density at radius 3 is 2.69 bits per heavy atom. The number of fused-ring (bicyclic) bond motifs is 1. The van der Waals surface area contributed by atoms with Crippen LogP contribution in [0, 0.1) is 6.92 Å². The molecule has 1 aliphatic rings. The van der Waals surface area contributed by atoms with Crippen molar-refractivity contribution in [2.75, 3.05) is 43.6 Å². The van der Waals surface area contributed by atoms with Crippen LogP contribution in [-0.2, 0) is 4.74 Å². The molecule has 4 rings (SSSR count). The maximum atomic E-state index is 12.9. The third-order valence-electron chi connectivity index (χ3n) is 4.94. The number of aromatic nitrogens is 1. The molecule has 0 aliphatic carbocycles. The first-order chi connectivity index (χ1) is 14.0. The number of nitrogens with one attached hydrogen (secondary N) is 1. The molecule has 0 bridgehead atoms. The molecule has 29 heavy (non-hydrogen) atoms. The molecule has 1 N–H and O–H groups in total. The molecule has 1 aromatic heterocycles. The van der Waals surface area contributed by atoms with Gasteiger partial charge in [-0.15, -0.1) is 0 Å². The van der Waals surface area contributed by atoms with Gasteiger partial charge in [0.2, 0.25) is 0 Å². The van der Waals surface area contributed by atoms with Gasteiger partial charge in [0.1, 0.15) is 11.4 Å². The van der Waals surface area contributed by atoms with Crippen LogP contribution in [0.5, 0.6) is 5.75 Å². The zero-order valence-electron chi connectivity index (χ0n) is 16.4. The number of methoxy groups -OCH3 is 1. The third-order valence-corrected chi connectivity index (χ3v) is 5.23. The van der Waals surface area contributed by atoms with E-state index in [1.54, 1.807) is 25.3 Å². The first-order valence-corrected chi connectivity index (χ1v) is 9.82. The van der Waals surface area contributed by atoms with Crippen LogP contribution in [-0.4, -0.2) is 44.3 Å². The van der Waals surface area contributed by atoms with Crippen molar-refractivity contribution >= 4 is 39.8 Å². The van der Waals surface area contributed by atoms with Crippen LogP contribution in [0.15, 0.2) is 42.5 Å². The van der Waals surface area contributed by atoms with Gasteiger partial charge in [-0.1, -0.05) is 23.2 Å². The van der Waals surface area contributed by atoms with Gasteiger partial charge in [-0.05, 0) is 43.3 Å². The number of morpholine rings is 1. The maximum Gasteiger partial charge on any atom is 0.274 e. The lowest BCUT2D eigenvalue weighted by Crippen LogP contribution is -2.36. The van der Waals surface area contributed by atoms with Crippen molar-refractivity contribution in [3.63, 3.8) is 0 Å². The molecule has 1 saturated heterocycles. The predicted molar refractivity (Wildman–Crippen MR) is 115 cm³/mol. The van der Waals surface area contributed by atoms with Gasteiger partial charge >= 0.3 is 0 Å². The van der Waals surface area contributed by atoms with Crippen molar-refractivity contribution in [1.82, 2.24) is 4.98 Å². The van der Waals surface area contributed by atoms with Crippen LogP contribution < -0.4 is 15.0 Å². The van der Waals surface area contributed by atoms with Gasteiger partial charge in [0, 0.05) is 29.9 Å². The summed E-state index contributed by atoms with van der Waals surface area (Å²) in [4.78, 5) is 19.8. The lowest BCUT2D eigenvalue weighted by Gasteiger charge is -2.30. The number of nitrogens with zero attached hydrogens (tertiary/aromatic N) is 2. The van der Waals surface area contributed by atoms with E-state index in [-0.39, 0.29) is 5.91 Å². The molecule has 0 radical (unpaired) electrons. The molecule has 0 atom stereocenters. The van der Waals surface area contributed by atoms with E-state index in [4.69, 9.17) is 21.1 Å². The lowest BCUT2D eigenvalue weighted by molar-refractivity contribution is 0.102. The van der Waals surface area contributed by atoms with Gasteiger partial charge in [-0.25, -0.2) is 4.98 Å². The van der Waals surface area contributed by atoms with Gasteiger partial charge < -0.3 is 19.7 Å². The Bertz CT molecular complexity index is 1060. The number of ether oxygens (including phenoxy) is 2. The Labute approximate surface area is 174 Å². The van der Waals surface area contributed by atoms with Crippen molar-refractivity contribution in [2.24, 2.45) is 0 Å². The molecule has 2 heterocycles. The van der Waals surface area contributed by atoms with Crippen LogP contribution in [0.1, 0.15) is 16.1 Å². The number of hydrogen-bond donors (Lipinski definition) is 1. The molecule has 150 valence electrons. The summed E-state index contributed by atoms with van der Waals surface area (Å²) in [5.74, 6) is 0.265. The number of aryl methyl sites for hydroxylation is 1. The smallest absolute Gasteiger partial charge is 0.274 e. The van der Waals surface area contributed by atoms with Crippen LogP contribution in [0.4, 0.5) is 11.4 Å². The molecular formula is C22H22ClN3O3. The summed E-state index contributed by atoms with van der Waals surface area (Å²) < 4.78 is 10.6. The van der Waals surface area contributed by atoms with Crippen LogP contribution >= 0.6 is 11.6 Å². The number of pyridine rings is 1. The molecule has 0 unspecified atom stereocenters. The minimum absolute atomic E-state index is 0.289. The molecule has 3 aromatic rings.